The molecule has 1 aromatic rings. The topological polar surface area (TPSA) is 75.6 Å². The Bertz CT molecular complexity index is 520. The Balaban J connectivity index is 2.12. The molecule has 2 rings (SSSR count). The van der Waals surface area contributed by atoms with Gasteiger partial charge in [0.25, 0.3) is 5.91 Å². The van der Waals surface area contributed by atoms with Crippen molar-refractivity contribution >= 4 is 43.7 Å². The van der Waals surface area contributed by atoms with Crippen molar-refractivity contribution < 1.29 is 19.4 Å². The molecule has 0 radical (unpaired) electrons. The van der Waals surface area contributed by atoms with Crippen LogP contribution in [0.3, 0.4) is 0 Å². The van der Waals surface area contributed by atoms with Crippen LogP contribution in [-0.2, 0) is 9.53 Å². The fraction of sp³-hybridized carbons (Fsp3) is 0.333. The standard InChI is InChI=1S/C12H11Br2NO4/c13-6-1-2-9(14)7(3-6)11(16)15-10-5-19-4-8(10)12(17)18/h1-3,8,10H,4-5H2,(H,15,16)(H,17,18). The molecule has 0 bridgehead atoms. The maximum Gasteiger partial charge on any atom is 0.311 e. The van der Waals surface area contributed by atoms with Gasteiger partial charge in [0.05, 0.1) is 24.8 Å². The molecule has 0 spiro atoms. The van der Waals surface area contributed by atoms with Gasteiger partial charge in [-0.15, -0.1) is 0 Å². The Morgan fingerprint density at radius 3 is 2.74 bits per heavy atom. The first-order valence-electron chi connectivity index (χ1n) is 5.55. The Kier molecular flexibility index (Phi) is 4.59. The van der Waals surface area contributed by atoms with Gasteiger partial charge in [0.2, 0.25) is 0 Å². The number of benzene rings is 1. The third-order valence-corrected chi connectivity index (χ3v) is 4.07. The molecule has 5 nitrogen and oxygen atoms in total. The smallest absolute Gasteiger partial charge is 0.311 e. The van der Waals surface area contributed by atoms with Crippen LogP contribution < -0.4 is 5.32 Å². The van der Waals surface area contributed by atoms with E-state index in [4.69, 9.17) is 9.84 Å². The number of nitrogens with one attached hydrogen (secondary N) is 1. The number of carboxylic acids is 1. The maximum atomic E-state index is 12.1. The number of aliphatic carboxylic acids is 1. The normalized spacial score (nSPS) is 22.2. The van der Waals surface area contributed by atoms with Crippen molar-refractivity contribution in [2.75, 3.05) is 13.2 Å². The van der Waals surface area contributed by atoms with Crippen molar-refractivity contribution in [2.24, 2.45) is 5.92 Å². The highest BCUT2D eigenvalue weighted by molar-refractivity contribution is 9.11. The molecule has 1 aromatic carbocycles. The highest BCUT2D eigenvalue weighted by Gasteiger charge is 2.35. The van der Waals surface area contributed by atoms with Gasteiger partial charge in [0.1, 0.15) is 5.92 Å². The molecule has 1 aliphatic heterocycles. The van der Waals surface area contributed by atoms with Gasteiger partial charge >= 0.3 is 5.97 Å². The van der Waals surface area contributed by atoms with Crippen molar-refractivity contribution in [2.45, 2.75) is 6.04 Å². The SMILES string of the molecule is O=C(NC1COCC1C(=O)O)c1cc(Br)ccc1Br. The van der Waals surface area contributed by atoms with Crippen LogP contribution in [0.25, 0.3) is 0 Å². The number of carbonyl (C=O) groups is 2. The Labute approximate surface area is 126 Å². The minimum absolute atomic E-state index is 0.125. The minimum atomic E-state index is -0.962. The van der Waals surface area contributed by atoms with Crippen LogP contribution in [0.1, 0.15) is 10.4 Å². The molecule has 1 amide bonds. The molecule has 2 N–H and O–H groups in total. The summed E-state index contributed by atoms with van der Waals surface area (Å²) >= 11 is 6.59. The molecule has 19 heavy (non-hydrogen) atoms. The highest BCUT2D eigenvalue weighted by atomic mass is 79.9. The third-order valence-electron chi connectivity index (χ3n) is 2.89. The summed E-state index contributed by atoms with van der Waals surface area (Å²) in [6.45, 7) is 0.342. The largest absolute Gasteiger partial charge is 0.481 e. The average Bonchev–Trinajstić information content (AvgIpc) is 2.80. The van der Waals surface area contributed by atoms with E-state index in [0.717, 1.165) is 4.47 Å². The van der Waals surface area contributed by atoms with E-state index in [1.807, 2.05) is 0 Å². The van der Waals surface area contributed by atoms with Gasteiger partial charge in [-0.1, -0.05) is 15.9 Å². The van der Waals surface area contributed by atoms with E-state index >= 15 is 0 Å². The molecule has 0 aliphatic carbocycles. The first kappa shape index (κ1) is 14.5. The van der Waals surface area contributed by atoms with Crippen molar-refractivity contribution in [3.8, 4) is 0 Å². The molecule has 1 aliphatic rings. The second-order valence-corrected chi connectivity index (χ2v) is 5.96. The van der Waals surface area contributed by atoms with Crippen molar-refractivity contribution in [1.82, 2.24) is 5.32 Å². The van der Waals surface area contributed by atoms with E-state index in [1.165, 1.54) is 0 Å². The van der Waals surface area contributed by atoms with Gasteiger partial charge in [0.15, 0.2) is 0 Å². The van der Waals surface area contributed by atoms with Crippen LogP contribution in [0.4, 0.5) is 0 Å². The second kappa shape index (κ2) is 6.02. The Hall–Kier alpha value is -0.920. The van der Waals surface area contributed by atoms with Gasteiger partial charge in [-0.25, -0.2) is 0 Å². The Morgan fingerprint density at radius 2 is 2.05 bits per heavy atom. The lowest BCUT2D eigenvalue weighted by molar-refractivity contribution is -0.142. The van der Waals surface area contributed by atoms with Crippen molar-refractivity contribution in [1.29, 1.82) is 0 Å². The maximum absolute atomic E-state index is 12.1. The number of hydrogen-bond acceptors (Lipinski definition) is 3. The van der Waals surface area contributed by atoms with E-state index in [0.29, 0.717) is 10.0 Å². The van der Waals surface area contributed by atoms with Crippen LogP contribution in [-0.4, -0.2) is 36.2 Å². The number of hydrogen-bond donors (Lipinski definition) is 2. The van der Waals surface area contributed by atoms with E-state index in [9.17, 15) is 9.59 Å². The zero-order chi connectivity index (χ0) is 14.0. The third kappa shape index (κ3) is 3.34. The fourth-order valence-electron chi connectivity index (χ4n) is 1.86. The molecule has 7 heteroatoms. The molecule has 1 saturated heterocycles. The molecule has 102 valence electrons. The highest BCUT2D eigenvalue weighted by Crippen LogP contribution is 2.22. The summed E-state index contributed by atoms with van der Waals surface area (Å²) in [5, 5.41) is 11.7. The van der Waals surface area contributed by atoms with Gasteiger partial charge in [-0.05, 0) is 34.1 Å². The Morgan fingerprint density at radius 1 is 1.32 bits per heavy atom. The summed E-state index contributed by atoms with van der Waals surface area (Å²) in [6, 6.07) is 4.72. The molecule has 1 fully saturated rings. The predicted molar refractivity (Wildman–Crippen MR) is 75.0 cm³/mol. The molecular formula is C12H11Br2NO4. The molecule has 0 saturated carbocycles. The first-order valence-corrected chi connectivity index (χ1v) is 7.14. The van der Waals surface area contributed by atoms with Gasteiger partial charge in [0, 0.05) is 8.95 Å². The summed E-state index contributed by atoms with van der Waals surface area (Å²) in [7, 11) is 0. The molecule has 1 heterocycles. The number of carbonyl (C=O) groups excluding carboxylic acids is 1. The van der Waals surface area contributed by atoms with Crippen LogP contribution >= 0.6 is 31.9 Å². The number of amides is 1. The number of ether oxygens (including phenoxy) is 1. The van der Waals surface area contributed by atoms with Crippen LogP contribution in [0.5, 0.6) is 0 Å². The molecule has 0 aromatic heterocycles. The zero-order valence-corrected chi connectivity index (χ0v) is 12.9. The molecule has 2 atom stereocenters. The number of rotatable bonds is 3. The minimum Gasteiger partial charge on any atom is -0.481 e. The van der Waals surface area contributed by atoms with E-state index in [2.05, 4.69) is 37.2 Å². The summed E-state index contributed by atoms with van der Waals surface area (Å²) in [5.41, 5.74) is 0.449. The molecular weight excluding hydrogens is 382 g/mol. The summed E-state index contributed by atoms with van der Waals surface area (Å²) in [4.78, 5) is 23.1. The van der Waals surface area contributed by atoms with Crippen LogP contribution in [0.15, 0.2) is 27.1 Å². The van der Waals surface area contributed by atoms with Crippen molar-refractivity contribution in [3.63, 3.8) is 0 Å². The summed E-state index contributed by atoms with van der Waals surface area (Å²) < 4.78 is 6.53. The molecule has 2 unspecified atom stereocenters. The zero-order valence-electron chi connectivity index (χ0n) is 9.73. The predicted octanol–water partition coefficient (Wildman–Crippen LogP) is 2.04. The van der Waals surface area contributed by atoms with Crippen LogP contribution in [0, 0.1) is 5.92 Å². The number of carboxylic acid groups (broad SMARTS) is 1. The van der Waals surface area contributed by atoms with Crippen molar-refractivity contribution in [3.05, 3.63) is 32.7 Å². The van der Waals surface area contributed by atoms with Gasteiger partial charge < -0.3 is 15.2 Å². The lowest BCUT2D eigenvalue weighted by Crippen LogP contribution is -2.42. The monoisotopic (exact) mass is 391 g/mol. The van der Waals surface area contributed by atoms with Gasteiger partial charge in [-0.2, -0.15) is 0 Å². The van der Waals surface area contributed by atoms with E-state index in [1.54, 1.807) is 18.2 Å². The van der Waals surface area contributed by atoms with Crippen LogP contribution in [0.2, 0.25) is 0 Å². The number of halogens is 2. The fourth-order valence-corrected chi connectivity index (χ4v) is 2.65. The lowest BCUT2D eigenvalue weighted by atomic mass is 10.0. The van der Waals surface area contributed by atoms with E-state index in [-0.39, 0.29) is 19.1 Å². The van der Waals surface area contributed by atoms with Gasteiger partial charge in [-0.3, -0.25) is 9.59 Å². The van der Waals surface area contributed by atoms with E-state index < -0.39 is 17.9 Å². The summed E-state index contributed by atoms with van der Waals surface area (Å²) in [5.74, 6) is -1.99. The lowest BCUT2D eigenvalue weighted by Gasteiger charge is -2.16. The average molecular weight is 393 g/mol. The quantitative estimate of drug-likeness (QED) is 0.825. The summed E-state index contributed by atoms with van der Waals surface area (Å²) in [6.07, 6.45) is 0. The first-order chi connectivity index (χ1) is 8.99. The second-order valence-electron chi connectivity index (χ2n) is 4.19.